The molecular formula is C25H33N3O4. The molecule has 32 heavy (non-hydrogen) atoms. The van der Waals surface area contributed by atoms with Gasteiger partial charge in [0.05, 0.1) is 19.7 Å². The Labute approximate surface area is 190 Å². The van der Waals surface area contributed by atoms with Crippen molar-refractivity contribution in [1.29, 1.82) is 0 Å². The zero-order valence-electron chi connectivity index (χ0n) is 18.6. The molecule has 172 valence electrons. The van der Waals surface area contributed by atoms with Crippen LogP contribution in [0.25, 0.3) is 0 Å². The van der Waals surface area contributed by atoms with Crippen molar-refractivity contribution < 1.29 is 14.5 Å². The molecule has 0 aliphatic carbocycles. The van der Waals surface area contributed by atoms with Gasteiger partial charge in [-0.1, -0.05) is 60.7 Å². The largest absolute Gasteiger partial charge is 0.468 e. The van der Waals surface area contributed by atoms with E-state index < -0.39 is 5.54 Å². The van der Waals surface area contributed by atoms with Crippen molar-refractivity contribution in [2.24, 2.45) is 0 Å². The first kappa shape index (κ1) is 23.9. The smallest absolute Gasteiger partial charge is 0.293 e. The minimum Gasteiger partial charge on any atom is -0.468 e. The Morgan fingerprint density at radius 1 is 0.875 bits per heavy atom. The first-order valence-corrected chi connectivity index (χ1v) is 11.3. The normalized spacial score (nSPS) is 16.9. The van der Waals surface area contributed by atoms with Crippen LogP contribution in [0, 0.1) is 10.1 Å². The number of nitrogens with zero attached hydrogens (tertiary/aromatic N) is 3. The van der Waals surface area contributed by atoms with Crippen molar-refractivity contribution in [2.45, 2.75) is 44.3 Å². The Morgan fingerprint density at radius 2 is 1.41 bits per heavy atom. The van der Waals surface area contributed by atoms with Gasteiger partial charge in [-0.2, -0.15) is 0 Å². The van der Waals surface area contributed by atoms with Gasteiger partial charge in [0.15, 0.2) is 0 Å². The molecule has 7 nitrogen and oxygen atoms in total. The lowest BCUT2D eigenvalue weighted by molar-refractivity contribution is -0.571. The van der Waals surface area contributed by atoms with Crippen LogP contribution in [0.3, 0.4) is 0 Å². The predicted molar refractivity (Wildman–Crippen MR) is 124 cm³/mol. The van der Waals surface area contributed by atoms with Crippen LogP contribution in [0.4, 0.5) is 0 Å². The van der Waals surface area contributed by atoms with Gasteiger partial charge < -0.3 is 4.74 Å². The number of nitro groups is 1. The number of benzene rings is 2. The number of unbranched alkanes of at least 4 members (excludes halogenated alkanes) is 2. The van der Waals surface area contributed by atoms with Crippen molar-refractivity contribution in [2.75, 3.05) is 32.8 Å². The second kappa shape index (κ2) is 12.3. The fraction of sp³-hybridized carbons (Fsp3) is 0.480. The van der Waals surface area contributed by atoms with E-state index in [9.17, 15) is 14.9 Å². The van der Waals surface area contributed by atoms with E-state index in [2.05, 4.69) is 34.1 Å². The van der Waals surface area contributed by atoms with E-state index in [1.807, 2.05) is 36.4 Å². The first-order valence-electron chi connectivity index (χ1n) is 11.3. The molecule has 0 aromatic heterocycles. The average molecular weight is 440 g/mol. The number of carbonyl (C=O) groups excluding carboxylic acids is 1. The minimum absolute atomic E-state index is 0.0454. The third-order valence-electron chi connectivity index (χ3n) is 6.13. The summed E-state index contributed by atoms with van der Waals surface area (Å²) in [6.07, 6.45) is 2.79. The van der Waals surface area contributed by atoms with Crippen LogP contribution >= 0.6 is 0 Å². The third-order valence-corrected chi connectivity index (χ3v) is 6.13. The van der Waals surface area contributed by atoms with Crippen molar-refractivity contribution in [3.63, 3.8) is 0 Å². The van der Waals surface area contributed by atoms with Gasteiger partial charge in [-0.3, -0.25) is 24.7 Å². The quantitative estimate of drug-likeness (QED) is 0.217. The predicted octanol–water partition coefficient (Wildman–Crippen LogP) is 3.75. The Kier molecular flexibility index (Phi) is 9.19. The maximum atomic E-state index is 12.5. The van der Waals surface area contributed by atoms with Gasteiger partial charge in [-0.05, 0) is 30.4 Å². The molecule has 0 saturated carbocycles. The molecule has 0 N–H and O–H groups in total. The van der Waals surface area contributed by atoms with Gasteiger partial charge in [0.1, 0.15) is 0 Å². The summed E-state index contributed by atoms with van der Waals surface area (Å²) in [5.74, 6) is 0. The topological polar surface area (TPSA) is 75.9 Å². The first-order chi connectivity index (χ1) is 15.6. The van der Waals surface area contributed by atoms with Crippen LogP contribution in [0.15, 0.2) is 60.7 Å². The highest BCUT2D eigenvalue weighted by Gasteiger charge is 2.46. The number of hydrogen-bond donors (Lipinski definition) is 0. The molecule has 0 unspecified atom stereocenters. The second-order valence-corrected chi connectivity index (χ2v) is 8.65. The summed E-state index contributed by atoms with van der Waals surface area (Å²) in [7, 11) is 0. The van der Waals surface area contributed by atoms with Crippen LogP contribution in [0.1, 0.15) is 36.8 Å². The minimum atomic E-state index is -1.02. The third kappa shape index (κ3) is 7.14. The van der Waals surface area contributed by atoms with E-state index in [0.717, 1.165) is 32.4 Å². The maximum Gasteiger partial charge on any atom is 0.293 e. The highest BCUT2D eigenvalue weighted by atomic mass is 16.6. The van der Waals surface area contributed by atoms with Crippen molar-refractivity contribution in [3.8, 4) is 0 Å². The molecule has 3 rings (SSSR count). The van der Waals surface area contributed by atoms with Gasteiger partial charge in [0.2, 0.25) is 5.54 Å². The Balaban J connectivity index is 1.74. The van der Waals surface area contributed by atoms with E-state index >= 15 is 0 Å². The molecule has 2 aromatic rings. The molecule has 0 spiro atoms. The zero-order chi connectivity index (χ0) is 22.7. The summed E-state index contributed by atoms with van der Waals surface area (Å²) >= 11 is 0. The molecule has 1 aliphatic rings. The summed E-state index contributed by atoms with van der Waals surface area (Å²) in [6, 6.07) is 20.3. The van der Waals surface area contributed by atoms with E-state index in [-0.39, 0.29) is 4.92 Å². The van der Waals surface area contributed by atoms with Crippen LogP contribution in [0.5, 0.6) is 0 Å². The highest BCUT2D eigenvalue weighted by Crippen LogP contribution is 2.27. The fourth-order valence-corrected chi connectivity index (χ4v) is 4.51. The van der Waals surface area contributed by atoms with Crippen LogP contribution < -0.4 is 0 Å². The Morgan fingerprint density at radius 3 is 1.88 bits per heavy atom. The zero-order valence-corrected chi connectivity index (χ0v) is 18.6. The molecule has 1 saturated heterocycles. The summed E-state index contributed by atoms with van der Waals surface area (Å²) in [6.45, 7) is 4.71. The van der Waals surface area contributed by atoms with E-state index in [0.29, 0.717) is 45.7 Å². The summed E-state index contributed by atoms with van der Waals surface area (Å²) in [5, 5.41) is 12.5. The Bertz CT molecular complexity index is 780. The molecule has 1 aliphatic heterocycles. The molecule has 0 radical (unpaired) electrons. The molecule has 7 heteroatoms. The monoisotopic (exact) mass is 439 g/mol. The highest BCUT2D eigenvalue weighted by molar-refractivity contribution is 5.36. The van der Waals surface area contributed by atoms with Crippen molar-refractivity contribution >= 4 is 6.47 Å². The SMILES string of the molecule is O=COCCCCCC1([N+](=O)[O-])CN(Cc2ccccc2)CCN(Cc2ccccc2)C1. The van der Waals surface area contributed by atoms with Gasteiger partial charge in [0, 0.05) is 37.5 Å². The maximum absolute atomic E-state index is 12.5. The Hall–Kier alpha value is -2.77. The molecule has 0 bridgehead atoms. The van der Waals surface area contributed by atoms with Crippen LogP contribution in [-0.4, -0.2) is 59.5 Å². The van der Waals surface area contributed by atoms with Crippen molar-refractivity contribution in [1.82, 2.24) is 9.80 Å². The lowest BCUT2D eigenvalue weighted by atomic mass is 9.91. The molecule has 1 heterocycles. The number of rotatable bonds is 12. The molecule has 0 atom stereocenters. The lowest BCUT2D eigenvalue weighted by Gasteiger charge is -2.30. The molecule has 1 fully saturated rings. The summed E-state index contributed by atoms with van der Waals surface area (Å²) in [5.41, 5.74) is 1.32. The second-order valence-electron chi connectivity index (χ2n) is 8.65. The van der Waals surface area contributed by atoms with E-state index in [4.69, 9.17) is 4.74 Å². The van der Waals surface area contributed by atoms with Gasteiger partial charge >= 0.3 is 0 Å². The lowest BCUT2D eigenvalue weighted by Crippen LogP contribution is -2.52. The van der Waals surface area contributed by atoms with Gasteiger partial charge in [0.25, 0.3) is 6.47 Å². The summed E-state index contributed by atoms with van der Waals surface area (Å²) < 4.78 is 4.75. The van der Waals surface area contributed by atoms with E-state index in [1.54, 1.807) is 0 Å². The molecule has 2 aromatic carbocycles. The van der Waals surface area contributed by atoms with Crippen LogP contribution in [0.2, 0.25) is 0 Å². The summed E-state index contributed by atoms with van der Waals surface area (Å²) in [4.78, 5) is 27.2. The van der Waals surface area contributed by atoms with Gasteiger partial charge in [-0.25, -0.2) is 0 Å². The molecule has 0 amide bonds. The average Bonchev–Trinajstić information content (AvgIpc) is 2.97. The molecular weight excluding hydrogens is 406 g/mol. The number of hydrogen-bond acceptors (Lipinski definition) is 6. The number of carbonyl (C=O) groups is 1. The standard InChI is InChI=1S/C25H33N3O4/c29-22-32-17-9-3-8-14-25(28(30)31)20-26(18-23-10-4-1-5-11-23)15-16-27(21-25)19-24-12-6-2-7-13-24/h1-2,4-7,10-13,22H,3,8-9,14-21H2. The van der Waals surface area contributed by atoms with Gasteiger partial charge in [-0.15, -0.1) is 0 Å². The van der Waals surface area contributed by atoms with E-state index in [1.165, 1.54) is 11.1 Å². The van der Waals surface area contributed by atoms with Crippen molar-refractivity contribution in [3.05, 3.63) is 81.9 Å². The van der Waals surface area contributed by atoms with Crippen LogP contribution in [-0.2, 0) is 22.6 Å². The fourth-order valence-electron chi connectivity index (χ4n) is 4.51. The number of ether oxygens (including phenoxy) is 1.